The summed E-state index contributed by atoms with van der Waals surface area (Å²) >= 11 is 5.60. The molecule has 5 heteroatoms. The van der Waals surface area contributed by atoms with E-state index in [-0.39, 0.29) is 6.10 Å². The maximum atomic E-state index is 10.4. The molecule has 0 saturated carbocycles. The molecule has 0 radical (unpaired) electrons. The molecular formula is C8H14ClNO3. The predicted octanol–water partition coefficient (Wildman–Crippen LogP) is 0.399. The van der Waals surface area contributed by atoms with Crippen LogP contribution in [0.15, 0.2) is 0 Å². The number of carboxylic acids is 1. The van der Waals surface area contributed by atoms with Crippen LogP contribution < -0.4 is 0 Å². The van der Waals surface area contributed by atoms with E-state index in [1.165, 1.54) is 0 Å². The maximum absolute atomic E-state index is 10.4. The molecule has 0 aromatic heterocycles. The van der Waals surface area contributed by atoms with Crippen LogP contribution in [0.5, 0.6) is 0 Å². The summed E-state index contributed by atoms with van der Waals surface area (Å²) in [5.41, 5.74) is 0. The summed E-state index contributed by atoms with van der Waals surface area (Å²) < 4.78 is 5.15. The van der Waals surface area contributed by atoms with Crippen LogP contribution in [0.1, 0.15) is 6.42 Å². The van der Waals surface area contributed by atoms with Gasteiger partial charge in [0.15, 0.2) is 0 Å². The Bertz CT molecular complexity index is 188. The van der Waals surface area contributed by atoms with Gasteiger partial charge in [-0.25, -0.2) is 0 Å². The van der Waals surface area contributed by atoms with E-state index in [2.05, 4.69) is 0 Å². The summed E-state index contributed by atoms with van der Waals surface area (Å²) in [5.74, 6) is -0.956. The number of likely N-dealkylation sites (tertiary alicyclic amines) is 1. The zero-order valence-corrected chi connectivity index (χ0v) is 8.33. The zero-order chi connectivity index (χ0) is 9.84. The lowest BCUT2D eigenvalue weighted by Crippen LogP contribution is -2.33. The maximum Gasteiger partial charge on any atom is 0.322 e. The van der Waals surface area contributed by atoms with Gasteiger partial charge in [-0.15, -0.1) is 11.6 Å². The molecule has 0 bridgehead atoms. The lowest BCUT2D eigenvalue weighted by Gasteiger charge is -2.16. The molecule has 1 aliphatic heterocycles. The second-order valence-corrected chi connectivity index (χ2v) is 3.74. The topological polar surface area (TPSA) is 49.8 Å². The number of carboxylic acid groups (broad SMARTS) is 1. The number of hydrogen-bond acceptors (Lipinski definition) is 3. The van der Waals surface area contributed by atoms with Crippen LogP contribution in [0.3, 0.4) is 0 Å². The Balaban J connectivity index is 2.27. The number of hydrogen-bond donors (Lipinski definition) is 1. The van der Waals surface area contributed by atoms with Crippen molar-refractivity contribution in [2.75, 3.05) is 26.7 Å². The second kappa shape index (κ2) is 4.79. The van der Waals surface area contributed by atoms with Gasteiger partial charge in [-0.2, -0.15) is 0 Å². The van der Waals surface area contributed by atoms with Gasteiger partial charge in [0, 0.05) is 26.7 Å². The van der Waals surface area contributed by atoms with E-state index in [9.17, 15) is 4.79 Å². The molecule has 13 heavy (non-hydrogen) atoms. The van der Waals surface area contributed by atoms with Gasteiger partial charge in [-0.3, -0.25) is 9.69 Å². The smallest absolute Gasteiger partial charge is 0.322 e. The van der Waals surface area contributed by atoms with E-state index in [4.69, 9.17) is 21.4 Å². The average Bonchev–Trinajstić information content (AvgIpc) is 2.52. The van der Waals surface area contributed by atoms with Crippen LogP contribution in [0.2, 0.25) is 0 Å². The Hall–Kier alpha value is -0.320. The molecule has 1 aliphatic rings. The van der Waals surface area contributed by atoms with Gasteiger partial charge in [0.1, 0.15) is 5.38 Å². The molecule has 0 aliphatic carbocycles. The Labute approximate surface area is 82.4 Å². The van der Waals surface area contributed by atoms with E-state index < -0.39 is 11.3 Å². The van der Waals surface area contributed by atoms with Crippen LogP contribution >= 0.6 is 11.6 Å². The molecule has 1 rings (SSSR count). The van der Waals surface area contributed by atoms with E-state index in [1.807, 2.05) is 4.90 Å². The minimum Gasteiger partial charge on any atom is -0.480 e. The number of halogens is 1. The van der Waals surface area contributed by atoms with Crippen molar-refractivity contribution >= 4 is 17.6 Å². The number of nitrogens with zero attached hydrogens (tertiary/aromatic N) is 1. The largest absolute Gasteiger partial charge is 0.480 e. The van der Waals surface area contributed by atoms with Gasteiger partial charge in [-0.05, 0) is 6.42 Å². The summed E-state index contributed by atoms with van der Waals surface area (Å²) in [4.78, 5) is 12.5. The zero-order valence-electron chi connectivity index (χ0n) is 7.57. The van der Waals surface area contributed by atoms with Crippen LogP contribution in [-0.4, -0.2) is 54.2 Å². The summed E-state index contributed by atoms with van der Waals surface area (Å²) in [7, 11) is 1.67. The van der Waals surface area contributed by atoms with Crippen LogP contribution in [0.25, 0.3) is 0 Å². The highest BCUT2D eigenvalue weighted by molar-refractivity contribution is 6.29. The fourth-order valence-corrected chi connectivity index (χ4v) is 1.66. The van der Waals surface area contributed by atoms with Gasteiger partial charge in [0.2, 0.25) is 0 Å². The standard InChI is InChI=1S/C8H14ClNO3/c1-13-6-2-3-10(4-6)5-7(9)8(11)12/h6-7H,2-5H2,1H3,(H,11,12). The van der Waals surface area contributed by atoms with Crippen LogP contribution in [-0.2, 0) is 9.53 Å². The molecule has 1 heterocycles. The first kappa shape index (κ1) is 10.8. The monoisotopic (exact) mass is 207 g/mol. The lowest BCUT2D eigenvalue weighted by molar-refractivity contribution is -0.136. The van der Waals surface area contributed by atoms with Crippen molar-refractivity contribution in [3.8, 4) is 0 Å². The van der Waals surface area contributed by atoms with Crippen molar-refractivity contribution in [3.05, 3.63) is 0 Å². The summed E-state index contributed by atoms with van der Waals surface area (Å²) in [5, 5.41) is 7.77. The van der Waals surface area contributed by atoms with Crippen molar-refractivity contribution in [1.82, 2.24) is 4.90 Å². The molecule has 0 amide bonds. The van der Waals surface area contributed by atoms with Crippen molar-refractivity contribution in [1.29, 1.82) is 0 Å². The molecule has 0 spiro atoms. The molecule has 2 unspecified atom stereocenters. The molecule has 4 nitrogen and oxygen atoms in total. The van der Waals surface area contributed by atoms with E-state index in [0.717, 1.165) is 19.5 Å². The molecule has 0 aromatic rings. The quantitative estimate of drug-likeness (QED) is 0.678. The number of alkyl halides is 1. The molecular weight excluding hydrogens is 194 g/mol. The van der Waals surface area contributed by atoms with E-state index in [1.54, 1.807) is 7.11 Å². The summed E-state index contributed by atoms with van der Waals surface area (Å²) in [6, 6.07) is 0. The molecule has 0 aromatic carbocycles. The number of aliphatic carboxylic acids is 1. The number of methoxy groups -OCH3 is 1. The van der Waals surface area contributed by atoms with Crippen molar-refractivity contribution < 1.29 is 14.6 Å². The highest BCUT2D eigenvalue weighted by Gasteiger charge is 2.25. The van der Waals surface area contributed by atoms with Crippen LogP contribution in [0.4, 0.5) is 0 Å². The third-order valence-corrected chi connectivity index (χ3v) is 2.57. The van der Waals surface area contributed by atoms with Crippen molar-refractivity contribution in [2.45, 2.75) is 17.9 Å². The van der Waals surface area contributed by atoms with Gasteiger partial charge in [0.25, 0.3) is 0 Å². The number of ether oxygens (including phenoxy) is 1. The summed E-state index contributed by atoms with van der Waals surface area (Å²) in [6.07, 6.45) is 1.19. The first-order valence-corrected chi connectivity index (χ1v) is 4.69. The SMILES string of the molecule is COC1CCN(CC(Cl)C(=O)O)C1. The second-order valence-electron chi connectivity index (χ2n) is 3.21. The van der Waals surface area contributed by atoms with E-state index >= 15 is 0 Å². The fourth-order valence-electron chi connectivity index (χ4n) is 1.46. The van der Waals surface area contributed by atoms with Gasteiger partial charge >= 0.3 is 5.97 Å². The molecule has 1 N–H and O–H groups in total. The number of carbonyl (C=O) groups is 1. The normalized spacial score (nSPS) is 26.2. The van der Waals surface area contributed by atoms with Gasteiger partial charge < -0.3 is 9.84 Å². The Kier molecular flexibility index (Phi) is 3.96. The highest BCUT2D eigenvalue weighted by atomic mass is 35.5. The van der Waals surface area contributed by atoms with Crippen molar-refractivity contribution in [3.63, 3.8) is 0 Å². The first-order chi connectivity index (χ1) is 6.13. The van der Waals surface area contributed by atoms with E-state index in [0.29, 0.717) is 6.54 Å². The Morgan fingerprint density at radius 1 is 1.85 bits per heavy atom. The Morgan fingerprint density at radius 2 is 2.54 bits per heavy atom. The fraction of sp³-hybridized carbons (Fsp3) is 0.875. The predicted molar refractivity (Wildman–Crippen MR) is 49.1 cm³/mol. The molecule has 1 saturated heterocycles. The molecule has 2 atom stereocenters. The van der Waals surface area contributed by atoms with Gasteiger partial charge in [-0.1, -0.05) is 0 Å². The highest BCUT2D eigenvalue weighted by Crippen LogP contribution is 2.13. The van der Waals surface area contributed by atoms with Gasteiger partial charge in [0.05, 0.1) is 6.10 Å². The summed E-state index contributed by atoms with van der Waals surface area (Å²) in [6.45, 7) is 2.05. The molecule has 76 valence electrons. The first-order valence-electron chi connectivity index (χ1n) is 4.25. The Morgan fingerprint density at radius 3 is 3.00 bits per heavy atom. The minimum absolute atomic E-state index is 0.234. The average molecular weight is 208 g/mol. The third-order valence-electron chi connectivity index (χ3n) is 2.25. The molecule has 1 fully saturated rings. The minimum atomic E-state index is -0.956. The number of rotatable bonds is 4. The lowest BCUT2D eigenvalue weighted by atomic mass is 10.3. The van der Waals surface area contributed by atoms with Crippen LogP contribution in [0, 0.1) is 0 Å². The van der Waals surface area contributed by atoms with Crippen molar-refractivity contribution in [2.24, 2.45) is 0 Å². The third kappa shape index (κ3) is 3.14.